The van der Waals surface area contributed by atoms with Crippen molar-refractivity contribution in [1.82, 2.24) is 4.90 Å². The van der Waals surface area contributed by atoms with Gasteiger partial charge in [-0.15, -0.1) is 0 Å². The minimum absolute atomic E-state index is 0.114. The van der Waals surface area contributed by atoms with Gasteiger partial charge in [0.15, 0.2) is 11.5 Å². The van der Waals surface area contributed by atoms with Gasteiger partial charge in [0.25, 0.3) is 5.91 Å². The summed E-state index contributed by atoms with van der Waals surface area (Å²) in [5.74, 6) is -0.0447. The highest BCUT2D eigenvalue weighted by Gasteiger charge is 2.47. The fourth-order valence-corrected chi connectivity index (χ4v) is 5.11. The smallest absolute Gasteiger partial charge is 0.254 e. The number of ether oxygens (including phenoxy) is 2. The number of anilines is 1. The van der Waals surface area contributed by atoms with E-state index in [1.54, 1.807) is 41.3 Å². The van der Waals surface area contributed by atoms with Gasteiger partial charge in [0.1, 0.15) is 0 Å². The summed E-state index contributed by atoms with van der Waals surface area (Å²) >= 11 is 6.13. The van der Waals surface area contributed by atoms with E-state index in [1.165, 1.54) is 14.2 Å². The predicted octanol–water partition coefficient (Wildman–Crippen LogP) is 4.83. The van der Waals surface area contributed by atoms with Crippen molar-refractivity contribution < 1.29 is 19.1 Å². The lowest BCUT2D eigenvalue weighted by molar-refractivity contribution is -0.119. The molecule has 0 saturated carbocycles. The monoisotopic (exact) mass is 462 g/mol. The molecule has 0 aliphatic carbocycles. The Morgan fingerprint density at radius 3 is 2.52 bits per heavy atom. The van der Waals surface area contributed by atoms with E-state index >= 15 is 0 Å². The lowest BCUT2D eigenvalue weighted by atomic mass is 9.75. The number of hydrogen-bond donors (Lipinski definition) is 1. The summed E-state index contributed by atoms with van der Waals surface area (Å²) in [5.41, 5.74) is 3.81. The third-order valence-electron chi connectivity index (χ3n) is 6.40. The van der Waals surface area contributed by atoms with E-state index < -0.39 is 12.0 Å². The van der Waals surface area contributed by atoms with Crippen LogP contribution in [0.5, 0.6) is 11.5 Å². The molecule has 1 N–H and O–H groups in total. The van der Waals surface area contributed by atoms with Crippen LogP contribution in [-0.2, 0) is 11.2 Å². The third-order valence-corrected chi connectivity index (χ3v) is 6.64. The zero-order valence-electron chi connectivity index (χ0n) is 18.3. The Morgan fingerprint density at radius 1 is 1.00 bits per heavy atom. The summed E-state index contributed by atoms with van der Waals surface area (Å²) in [6, 6.07) is 18.0. The number of hydrogen-bond acceptors (Lipinski definition) is 4. The van der Waals surface area contributed by atoms with Gasteiger partial charge in [0, 0.05) is 22.8 Å². The van der Waals surface area contributed by atoms with Gasteiger partial charge < -0.3 is 19.7 Å². The van der Waals surface area contributed by atoms with Crippen molar-refractivity contribution in [1.29, 1.82) is 0 Å². The molecule has 0 unspecified atom stereocenters. The number of nitrogens with one attached hydrogen (secondary N) is 1. The van der Waals surface area contributed by atoms with E-state index in [4.69, 9.17) is 21.1 Å². The second kappa shape index (κ2) is 8.45. The highest BCUT2D eigenvalue weighted by Crippen LogP contribution is 2.48. The number of methoxy groups -OCH3 is 2. The molecule has 2 aliphatic rings. The van der Waals surface area contributed by atoms with Gasteiger partial charge in [-0.05, 0) is 53.4 Å². The molecule has 0 spiro atoms. The van der Waals surface area contributed by atoms with Crippen LogP contribution in [-0.4, -0.2) is 37.5 Å². The lowest BCUT2D eigenvalue weighted by Gasteiger charge is -2.45. The molecule has 0 bridgehead atoms. The zero-order chi connectivity index (χ0) is 23.1. The maximum Gasteiger partial charge on any atom is 0.254 e. The molecule has 0 fully saturated rings. The topological polar surface area (TPSA) is 67.9 Å². The second-order valence-corrected chi connectivity index (χ2v) is 8.60. The predicted molar refractivity (Wildman–Crippen MR) is 126 cm³/mol. The molecule has 2 atom stereocenters. The van der Waals surface area contributed by atoms with Gasteiger partial charge in [-0.2, -0.15) is 0 Å². The summed E-state index contributed by atoms with van der Waals surface area (Å²) in [6.07, 6.45) is 0.740. The first-order chi connectivity index (χ1) is 16.0. The van der Waals surface area contributed by atoms with Crippen molar-refractivity contribution in [2.75, 3.05) is 26.1 Å². The average Bonchev–Trinajstić information content (AvgIpc) is 2.83. The summed E-state index contributed by atoms with van der Waals surface area (Å²) in [5, 5.41) is 3.54. The van der Waals surface area contributed by atoms with E-state index in [9.17, 15) is 9.59 Å². The first kappa shape index (κ1) is 21.3. The lowest BCUT2D eigenvalue weighted by Crippen LogP contribution is -2.49. The Labute approximate surface area is 197 Å². The molecule has 33 heavy (non-hydrogen) atoms. The normalized spacial score (nSPS) is 18.6. The van der Waals surface area contributed by atoms with Crippen LogP contribution in [0.4, 0.5) is 5.69 Å². The van der Waals surface area contributed by atoms with Gasteiger partial charge in [-0.25, -0.2) is 0 Å². The van der Waals surface area contributed by atoms with E-state index in [2.05, 4.69) is 11.4 Å². The van der Waals surface area contributed by atoms with Crippen LogP contribution in [0, 0.1) is 0 Å². The Bertz CT molecular complexity index is 1260. The molecule has 7 heteroatoms. The van der Waals surface area contributed by atoms with Gasteiger partial charge >= 0.3 is 0 Å². The van der Waals surface area contributed by atoms with Crippen LogP contribution < -0.4 is 14.8 Å². The molecule has 2 aliphatic heterocycles. The minimum Gasteiger partial charge on any atom is -0.493 e. The van der Waals surface area contributed by atoms with Crippen molar-refractivity contribution in [3.05, 3.63) is 87.9 Å². The molecular formula is C26H23ClN2O4. The molecule has 0 saturated heterocycles. The Hall–Kier alpha value is -3.51. The SMILES string of the molecule is COc1cc2c(cc1OC)[C@@H](C(=O)Nc1cccc(Cl)c1)[C@H]1c3ccccc3CCN1C2=O. The minimum atomic E-state index is -0.641. The molecule has 0 aromatic heterocycles. The fourth-order valence-electron chi connectivity index (χ4n) is 4.92. The van der Waals surface area contributed by atoms with Crippen molar-refractivity contribution in [2.24, 2.45) is 0 Å². The standard InChI is InChI=1S/C26H23ClN2O4/c1-32-21-13-19-20(14-22(21)33-2)26(31)29-11-10-15-6-3-4-9-18(15)24(29)23(19)25(30)28-17-8-5-7-16(27)12-17/h3-9,12-14,23-24H,10-11H2,1-2H3,(H,28,30)/t23-,24-/m1/s1. The van der Waals surface area contributed by atoms with Crippen LogP contribution in [0.15, 0.2) is 60.7 Å². The first-order valence-corrected chi connectivity index (χ1v) is 11.1. The maximum absolute atomic E-state index is 13.8. The maximum atomic E-state index is 13.8. The molecule has 168 valence electrons. The molecule has 6 nitrogen and oxygen atoms in total. The Kier molecular flexibility index (Phi) is 5.46. The van der Waals surface area contributed by atoms with E-state index in [1.807, 2.05) is 18.2 Å². The molecule has 2 amide bonds. The number of halogens is 1. The number of carbonyl (C=O) groups excluding carboxylic acids is 2. The van der Waals surface area contributed by atoms with Crippen molar-refractivity contribution in [3.63, 3.8) is 0 Å². The number of benzene rings is 3. The molecule has 5 rings (SSSR count). The number of carbonyl (C=O) groups is 2. The average molecular weight is 463 g/mol. The van der Waals surface area contributed by atoms with E-state index in [-0.39, 0.29) is 11.8 Å². The van der Waals surface area contributed by atoms with Crippen LogP contribution in [0.2, 0.25) is 5.02 Å². The van der Waals surface area contributed by atoms with Crippen LogP contribution in [0.1, 0.15) is 39.0 Å². The van der Waals surface area contributed by atoms with E-state index in [0.717, 1.165) is 17.5 Å². The van der Waals surface area contributed by atoms with Gasteiger partial charge in [0.05, 0.1) is 26.2 Å². The zero-order valence-corrected chi connectivity index (χ0v) is 19.1. The largest absolute Gasteiger partial charge is 0.493 e. The highest BCUT2D eigenvalue weighted by molar-refractivity contribution is 6.30. The Balaban J connectivity index is 1.68. The van der Waals surface area contributed by atoms with Crippen molar-refractivity contribution in [3.8, 4) is 11.5 Å². The summed E-state index contributed by atoms with van der Waals surface area (Å²) in [7, 11) is 3.07. The fraction of sp³-hybridized carbons (Fsp3) is 0.231. The first-order valence-electron chi connectivity index (χ1n) is 10.7. The Morgan fingerprint density at radius 2 is 1.76 bits per heavy atom. The van der Waals surface area contributed by atoms with Gasteiger partial charge in [0.2, 0.25) is 5.91 Å². The summed E-state index contributed by atoms with van der Waals surface area (Å²) in [6.45, 7) is 0.537. The van der Waals surface area contributed by atoms with Crippen molar-refractivity contribution >= 4 is 29.1 Å². The van der Waals surface area contributed by atoms with Crippen LogP contribution >= 0.6 is 11.6 Å². The van der Waals surface area contributed by atoms with E-state index in [0.29, 0.717) is 39.9 Å². The number of rotatable bonds is 4. The van der Waals surface area contributed by atoms with Crippen molar-refractivity contribution in [2.45, 2.75) is 18.4 Å². The quantitative estimate of drug-likeness (QED) is 0.602. The number of amides is 2. The molecule has 0 radical (unpaired) electrons. The number of nitrogens with zero attached hydrogens (tertiary/aromatic N) is 1. The molecule has 2 heterocycles. The second-order valence-electron chi connectivity index (χ2n) is 8.16. The summed E-state index contributed by atoms with van der Waals surface area (Å²) in [4.78, 5) is 29.2. The molecule has 3 aromatic rings. The van der Waals surface area contributed by atoms with Crippen LogP contribution in [0.3, 0.4) is 0 Å². The summed E-state index contributed by atoms with van der Waals surface area (Å²) < 4.78 is 10.9. The third kappa shape index (κ3) is 3.60. The highest BCUT2D eigenvalue weighted by atomic mass is 35.5. The molecule has 3 aromatic carbocycles. The molecular weight excluding hydrogens is 440 g/mol. The number of fused-ring (bicyclic) bond motifs is 4. The van der Waals surface area contributed by atoms with Gasteiger partial charge in [-0.1, -0.05) is 41.9 Å². The van der Waals surface area contributed by atoms with Gasteiger partial charge in [-0.3, -0.25) is 9.59 Å². The van der Waals surface area contributed by atoms with Crippen LogP contribution in [0.25, 0.3) is 0 Å².